The van der Waals surface area contributed by atoms with E-state index < -0.39 is 11.9 Å². The van der Waals surface area contributed by atoms with Crippen LogP contribution in [0.3, 0.4) is 0 Å². The van der Waals surface area contributed by atoms with Crippen molar-refractivity contribution in [3.63, 3.8) is 0 Å². The molecule has 0 spiro atoms. The van der Waals surface area contributed by atoms with Crippen LogP contribution in [0.5, 0.6) is 0 Å². The maximum absolute atomic E-state index is 12.2. The summed E-state index contributed by atoms with van der Waals surface area (Å²) in [5.74, 6) is -1.26. The van der Waals surface area contributed by atoms with Crippen LogP contribution in [-0.4, -0.2) is 53.3 Å². The van der Waals surface area contributed by atoms with Gasteiger partial charge in [0.1, 0.15) is 0 Å². The molecule has 2 fully saturated rings. The van der Waals surface area contributed by atoms with E-state index >= 15 is 0 Å². The lowest BCUT2D eigenvalue weighted by atomic mass is 9.94. The Morgan fingerprint density at radius 1 is 1.47 bits per heavy atom. The zero-order chi connectivity index (χ0) is 14.0. The topological polar surface area (TPSA) is 78.9 Å². The molecule has 2 aliphatic heterocycles. The Hall–Kier alpha value is -1.30. The lowest BCUT2D eigenvalue weighted by molar-refractivity contribution is -0.143. The number of aliphatic carboxylic acids is 1. The van der Waals surface area contributed by atoms with E-state index in [9.17, 15) is 9.59 Å². The number of hydrogen-bond donors (Lipinski definition) is 2. The third-order valence-electron chi connectivity index (χ3n) is 4.34. The van der Waals surface area contributed by atoms with E-state index in [-0.39, 0.29) is 17.7 Å². The number of likely N-dealkylation sites (tertiary alicyclic amines) is 1. The fourth-order valence-corrected chi connectivity index (χ4v) is 2.69. The summed E-state index contributed by atoms with van der Waals surface area (Å²) in [6, 6.07) is -0.175. The molecule has 2 unspecified atom stereocenters. The second kappa shape index (κ2) is 5.36. The van der Waals surface area contributed by atoms with Crippen molar-refractivity contribution < 1.29 is 19.4 Å². The summed E-state index contributed by atoms with van der Waals surface area (Å²) in [5.41, 5.74) is -0.354. The standard InChI is InChI=1S/C13H22N2O4/c1-9-13(2,5-7-19-9)14-12(18)15-6-3-4-10(8-15)11(16)17/h9-10H,3-8H2,1-2H3,(H,14,18)(H,16,17)/t9?,10-,13?/m0/s1. The quantitative estimate of drug-likeness (QED) is 0.786. The number of ether oxygens (including phenoxy) is 1. The van der Waals surface area contributed by atoms with Crippen molar-refractivity contribution >= 4 is 12.0 Å². The minimum absolute atomic E-state index is 0.0171. The Morgan fingerprint density at radius 3 is 2.79 bits per heavy atom. The number of nitrogens with zero attached hydrogens (tertiary/aromatic N) is 1. The molecular weight excluding hydrogens is 248 g/mol. The van der Waals surface area contributed by atoms with E-state index in [2.05, 4.69) is 5.32 Å². The van der Waals surface area contributed by atoms with Gasteiger partial charge < -0.3 is 20.1 Å². The predicted octanol–water partition coefficient (Wildman–Crippen LogP) is 1.06. The van der Waals surface area contributed by atoms with Crippen LogP contribution < -0.4 is 5.32 Å². The zero-order valence-corrected chi connectivity index (χ0v) is 11.5. The van der Waals surface area contributed by atoms with Gasteiger partial charge in [0, 0.05) is 19.7 Å². The molecule has 108 valence electrons. The molecule has 0 aromatic carbocycles. The summed E-state index contributed by atoms with van der Waals surface area (Å²) in [7, 11) is 0. The van der Waals surface area contributed by atoms with Gasteiger partial charge in [-0.3, -0.25) is 4.79 Å². The van der Waals surface area contributed by atoms with Gasteiger partial charge in [-0.15, -0.1) is 0 Å². The molecule has 2 heterocycles. The number of carboxylic acids is 1. The van der Waals surface area contributed by atoms with Crippen molar-refractivity contribution in [3.05, 3.63) is 0 Å². The normalized spacial score (nSPS) is 35.2. The molecule has 0 aromatic rings. The van der Waals surface area contributed by atoms with Crippen molar-refractivity contribution in [2.45, 2.75) is 44.8 Å². The highest BCUT2D eigenvalue weighted by molar-refractivity contribution is 5.77. The highest BCUT2D eigenvalue weighted by Crippen LogP contribution is 2.26. The number of hydrogen-bond acceptors (Lipinski definition) is 3. The van der Waals surface area contributed by atoms with Gasteiger partial charge in [-0.25, -0.2) is 4.79 Å². The largest absolute Gasteiger partial charge is 0.481 e. The van der Waals surface area contributed by atoms with Crippen LogP contribution in [-0.2, 0) is 9.53 Å². The highest BCUT2D eigenvalue weighted by Gasteiger charge is 2.40. The second-order valence-corrected chi connectivity index (χ2v) is 5.73. The Morgan fingerprint density at radius 2 is 2.21 bits per heavy atom. The third-order valence-corrected chi connectivity index (χ3v) is 4.34. The van der Waals surface area contributed by atoms with Crippen LogP contribution in [0.4, 0.5) is 4.79 Å². The maximum Gasteiger partial charge on any atom is 0.317 e. The number of carbonyl (C=O) groups excluding carboxylic acids is 1. The minimum Gasteiger partial charge on any atom is -0.481 e. The summed E-state index contributed by atoms with van der Waals surface area (Å²) in [6.07, 6.45) is 2.16. The fourth-order valence-electron chi connectivity index (χ4n) is 2.69. The van der Waals surface area contributed by atoms with E-state index in [4.69, 9.17) is 9.84 Å². The van der Waals surface area contributed by atoms with Crippen molar-refractivity contribution in [2.24, 2.45) is 5.92 Å². The number of rotatable bonds is 2. The Labute approximate surface area is 113 Å². The van der Waals surface area contributed by atoms with Gasteiger partial charge in [0.05, 0.1) is 17.6 Å². The SMILES string of the molecule is CC1OCCC1(C)NC(=O)N1CCC[C@H](C(=O)O)C1. The molecule has 19 heavy (non-hydrogen) atoms. The van der Waals surface area contributed by atoms with E-state index in [0.717, 1.165) is 12.8 Å². The molecule has 2 rings (SSSR count). The summed E-state index contributed by atoms with van der Waals surface area (Å²) in [4.78, 5) is 24.9. The number of amides is 2. The Balaban J connectivity index is 1.94. The molecule has 0 saturated carbocycles. The van der Waals surface area contributed by atoms with Gasteiger partial charge in [-0.05, 0) is 33.1 Å². The molecule has 2 amide bonds. The first kappa shape index (κ1) is 14.1. The Kier molecular flexibility index (Phi) is 3.99. The average molecular weight is 270 g/mol. The molecular formula is C13H22N2O4. The van der Waals surface area contributed by atoms with Gasteiger partial charge in [-0.2, -0.15) is 0 Å². The molecule has 0 radical (unpaired) electrons. The van der Waals surface area contributed by atoms with E-state index in [1.165, 1.54) is 0 Å². The molecule has 6 heteroatoms. The zero-order valence-electron chi connectivity index (χ0n) is 11.5. The molecule has 2 saturated heterocycles. The number of piperidine rings is 1. The van der Waals surface area contributed by atoms with Crippen LogP contribution in [0.2, 0.25) is 0 Å². The number of nitrogens with one attached hydrogen (secondary N) is 1. The third kappa shape index (κ3) is 3.00. The molecule has 6 nitrogen and oxygen atoms in total. The van der Waals surface area contributed by atoms with E-state index in [1.54, 1.807) is 4.90 Å². The van der Waals surface area contributed by atoms with Gasteiger partial charge in [0.2, 0.25) is 0 Å². The van der Waals surface area contributed by atoms with Gasteiger partial charge >= 0.3 is 12.0 Å². The van der Waals surface area contributed by atoms with Crippen molar-refractivity contribution in [1.29, 1.82) is 0 Å². The predicted molar refractivity (Wildman–Crippen MR) is 68.9 cm³/mol. The van der Waals surface area contributed by atoms with Crippen molar-refractivity contribution in [1.82, 2.24) is 10.2 Å². The average Bonchev–Trinajstić information content (AvgIpc) is 2.69. The lowest BCUT2D eigenvalue weighted by Crippen LogP contribution is -2.56. The second-order valence-electron chi connectivity index (χ2n) is 5.73. The molecule has 0 aliphatic carbocycles. The molecule has 2 N–H and O–H groups in total. The van der Waals surface area contributed by atoms with Gasteiger partial charge in [0.15, 0.2) is 0 Å². The molecule has 0 aromatic heterocycles. The number of carboxylic acid groups (broad SMARTS) is 1. The lowest BCUT2D eigenvalue weighted by Gasteiger charge is -2.35. The monoisotopic (exact) mass is 270 g/mol. The van der Waals surface area contributed by atoms with Crippen molar-refractivity contribution in [3.8, 4) is 0 Å². The van der Waals surface area contributed by atoms with Crippen molar-refractivity contribution in [2.75, 3.05) is 19.7 Å². The summed E-state index contributed by atoms with van der Waals surface area (Å²) >= 11 is 0. The molecule has 2 aliphatic rings. The smallest absolute Gasteiger partial charge is 0.317 e. The van der Waals surface area contributed by atoms with Gasteiger partial charge in [-0.1, -0.05) is 0 Å². The van der Waals surface area contributed by atoms with Crippen LogP contribution >= 0.6 is 0 Å². The first-order chi connectivity index (χ1) is 8.92. The summed E-state index contributed by atoms with van der Waals surface area (Å²) in [6.45, 7) is 5.49. The first-order valence-electron chi connectivity index (χ1n) is 6.84. The van der Waals surface area contributed by atoms with Crippen LogP contribution in [0, 0.1) is 5.92 Å². The fraction of sp³-hybridized carbons (Fsp3) is 0.846. The van der Waals surface area contributed by atoms with Crippen LogP contribution in [0.15, 0.2) is 0 Å². The highest BCUT2D eigenvalue weighted by atomic mass is 16.5. The van der Waals surface area contributed by atoms with Crippen LogP contribution in [0.1, 0.15) is 33.1 Å². The number of urea groups is 1. The minimum atomic E-state index is -0.818. The van der Waals surface area contributed by atoms with E-state index in [1.807, 2.05) is 13.8 Å². The molecule has 3 atom stereocenters. The summed E-state index contributed by atoms with van der Waals surface area (Å²) < 4.78 is 5.49. The van der Waals surface area contributed by atoms with Crippen LogP contribution in [0.25, 0.3) is 0 Å². The Bertz CT molecular complexity index is 374. The first-order valence-corrected chi connectivity index (χ1v) is 6.84. The maximum atomic E-state index is 12.2. The molecule has 0 bridgehead atoms. The van der Waals surface area contributed by atoms with Gasteiger partial charge in [0.25, 0.3) is 0 Å². The van der Waals surface area contributed by atoms with E-state index in [0.29, 0.717) is 26.1 Å². The summed E-state index contributed by atoms with van der Waals surface area (Å²) in [5, 5.41) is 12.0. The number of carbonyl (C=O) groups is 2.